The third-order valence-electron chi connectivity index (χ3n) is 2.85. The van der Waals surface area contributed by atoms with E-state index in [0.29, 0.717) is 5.56 Å². The maximum Gasteiger partial charge on any atom is 0.387 e. The molecule has 0 fully saturated rings. The van der Waals surface area contributed by atoms with Gasteiger partial charge in [-0.1, -0.05) is 12.1 Å². The van der Waals surface area contributed by atoms with Crippen molar-refractivity contribution in [1.29, 1.82) is 0 Å². The fourth-order valence-corrected chi connectivity index (χ4v) is 5.37. The molecule has 0 aliphatic rings. The van der Waals surface area contributed by atoms with Gasteiger partial charge in [0.05, 0.1) is 0 Å². The summed E-state index contributed by atoms with van der Waals surface area (Å²) >= 11 is 6.03. The summed E-state index contributed by atoms with van der Waals surface area (Å²) in [5.41, 5.74) is 0.537. The third-order valence-corrected chi connectivity index (χ3v) is 6.12. The number of ether oxygens (including phenoxy) is 1. The van der Waals surface area contributed by atoms with Crippen LogP contribution in [-0.2, 0) is 16.6 Å². The second-order valence-corrected chi connectivity index (χ2v) is 7.96. The average Bonchev–Trinajstić information content (AvgIpc) is 2.44. The van der Waals surface area contributed by atoms with Crippen LogP contribution in [0.1, 0.15) is 5.56 Å². The topological polar surface area (TPSA) is 55.4 Å². The lowest BCUT2D eigenvalue weighted by molar-refractivity contribution is -0.0498. The highest BCUT2D eigenvalue weighted by molar-refractivity contribution is 9.11. The molecule has 0 aromatic heterocycles. The van der Waals surface area contributed by atoms with Crippen LogP contribution in [0, 0.1) is 5.82 Å². The van der Waals surface area contributed by atoms with E-state index in [0.717, 1.165) is 12.1 Å². The Morgan fingerprint density at radius 3 is 2.12 bits per heavy atom. The van der Waals surface area contributed by atoms with Crippen LogP contribution in [0.3, 0.4) is 0 Å². The van der Waals surface area contributed by atoms with E-state index in [4.69, 9.17) is 0 Å². The molecule has 0 unspecified atom stereocenters. The van der Waals surface area contributed by atoms with Gasteiger partial charge in [0.2, 0.25) is 10.0 Å². The number of halogens is 5. The maximum atomic E-state index is 13.2. The molecular weight excluding hydrogens is 479 g/mol. The first kappa shape index (κ1) is 19.2. The third kappa shape index (κ3) is 4.95. The molecule has 0 aliphatic heterocycles. The number of sulfonamides is 1. The van der Waals surface area contributed by atoms with Crippen molar-refractivity contribution in [2.75, 3.05) is 0 Å². The maximum absolute atomic E-state index is 13.2. The van der Waals surface area contributed by atoms with Gasteiger partial charge in [-0.15, -0.1) is 0 Å². The van der Waals surface area contributed by atoms with Gasteiger partial charge < -0.3 is 4.74 Å². The summed E-state index contributed by atoms with van der Waals surface area (Å²) in [7, 11) is -3.93. The van der Waals surface area contributed by atoms with Crippen LogP contribution in [0.4, 0.5) is 13.2 Å². The van der Waals surface area contributed by atoms with Gasteiger partial charge in [-0.2, -0.15) is 8.78 Å². The minimum absolute atomic E-state index is 0.0272. The second kappa shape index (κ2) is 7.85. The number of nitrogens with one attached hydrogen (secondary N) is 1. The zero-order valence-electron chi connectivity index (χ0n) is 11.8. The molecule has 0 atom stereocenters. The average molecular weight is 489 g/mol. The van der Waals surface area contributed by atoms with Crippen molar-refractivity contribution in [2.45, 2.75) is 18.1 Å². The first-order valence-corrected chi connectivity index (χ1v) is 9.44. The zero-order chi connectivity index (χ0) is 17.9. The molecule has 0 spiro atoms. The molecule has 2 aromatic carbocycles. The monoisotopic (exact) mass is 487 g/mol. The molecule has 0 radical (unpaired) electrons. The molecule has 0 bridgehead atoms. The van der Waals surface area contributed by atoms with Crippen LogP contribution in [0.15, 0.2) is 50.2 Å². The van der Waals surface area contributed by atoms with E-state index in [1.54, 1.807) is 0 Å². The minimum atomic E-state index is -3.93. The minimum Gasteiger partial charge on any atom is -0.435 e. The van der Waals surface area contributed by atoms with E-state index in [9.17, 15) is 21.6 Å². The Kier molecular flexibility index (Phi) is 6.29. The van der Waals surface area contributed by atoms with Crippen molar-refractivity contribution in [1.82, 2.24) is 4.72 Å². The molecule has 0 saturated carbocycles. The molecule has 24 heavy (non-hydrogen) atoms. The lowest BCUT2D eigenvalue weighted by atomic mass is 10.2. The normalized spacial score (nSPS) is 11.8. The lowest BCUT2D eigenvalue weighted by Crippen LogP contribution is -2.24. The van der Waals surface area contributed by atoms with Crippen molar-refractivity contribution in [3.05, 3.63) is 56.7 Å². The highest BCUT2D eigenvalue weighted by Gasteiger charge is 2.22. The Morgan fingerprint density at radius 1 is 1.08 bits per heavy atom. The van der Waals surface area contributed by atoms with Crippen LogP contribution in [0.5, 0.6) is 5.75 Å². The van der Waals surface area contributed by atoms with Crippen LogP contribution >= 0.6 is 31.9 Å². The van der Waals surface area contributed by atoms with Gasteiger partial charge in [-0.05, 0) is 61.7 Å². The van der Waals surface area contributed by atoms with Gasteiger partial charge in [0.15, 0.2) is 0 Å². The number of alkyl halides is 2. The summed E-state index contributed by atoms with van der Waals surface area (Å²) in [6.45, 7) is -3.00. The van der Waals surface area contributed by atoms with Gasteiger partial charge in [-0.3, -0.25) is 0 Å². The van der Waals surface area contributed by atoms with Crippen molar-refractivity contribution >= 4 is 41.9 Å². The zero-order valence-corrected chi connectivity index (χ0v) is 15.8. The molecule has 0 saturated heterocycles. The largest absolute Gasteiger partial charge is 0.435 e. The quantitative estimate of drug-likeness (QED) is 0.654. The van der Waals surface area contributed by atoms with E-state index in [1.165, 1.54) is 24.3 Å². The summed E-state index contributed by atoms with van der Waals surface area (Å²) in [5.74, 6) is -0.622. The predicted octanol–water partition coefficient (Wildman–Crippen LogP) is 4.43. The number of rotatable bonds is 6. The van der Waals surface area contributed by atoms with Crippen molar-refractivity contribution in [3.63, 3.8) is 0 Å². The van der Waals surface area contributed by atoms with Gasteiger partial charge in [0, 0.05) is 15.5 Å². The first-order valence-electron chi connectivity index (χ1n) is 6.37. The number of benzene rings is 2. The van der Waals surface area contributed by atoms with Crippen LogP contribution < -0.4 is 9.46 Å². The van der Waals surface area contributed by atoms with Crippen molar-refractivity contribution < 1.29 is 26.3 Å². The predicted molar refractivity (Wildman–Crippen MR) is 88.9 cm³/mol. The molecule has 130 valence electrons. The SMILES string of the molecule is O=S(=O)(NCc1ccc(OC(F)F)cc1)c1c(Br)cc(F)cc1Br. The standard InChI is InChI=1S/C14H10Br2F3NO3S/c15-11-5-9(17)6-12(16)13(11)24(21,22)20-7-8-1-3-10(4-2-8)23-14(18)19/h1-6,14,20H,7H2. The molecule has 1 N–H and O–H groups in total. The molecule has 2 aromatic rings. The Labute approximate surface area is 153 Å². The van der Waals surface area contributed by atoms with Crippen molar-refractivity contribution in [3.8, 4) is 5.75 Å². The molecule has 0 amide bonds. The first-order chi connectivity index (χ1) is 11.2. The van der Waals surface area contributed by atoms with Crippen LogP contribution in [0.25, 0.3) is 0 Å². The molecule has 0 aliphatic carbocycles. The summed E-state index contributed by atoms with van der Waals surface area (Å²) in [6.07, 6.45) is 0. The smallest absolute Gasteiger partial charge is 0.387 e. The Bertz CT molecular complexity index is 807. The molecule has 0 heterocycles. The second-order valence-electron chi connectivity index (χ2n) is 4.55. The van der Waals surface area contributed by atoms with Gasteiger partial charge in [0.25, 0.3) is 0 Å². The van der Waals surface area contributed by atoms with E-state index in [1.807, 2.05) is 0 Å². The summed E-state index contributed by atoms with van der Waals surface area (Å²) in [5, 5.41) is 0. The van der Waals surface area contributed by atoms with E-state index in [-0.39, 0.29) is 26.1 Å². The molecule has 10 heteroatoms. The lowest BCUT2D eigenvalue weighted by Gasteiger charge is -2.11. The van der Waals surface area contributed by atoms with Crippen LogP contribution in [0.2, 0.25) is 0 Å². The number of hydrogen-bond donors (Lipinski definition) is 1. The van der Waals surface area contributed by atoms with Gasteiger partial charge in [0.1, 0.15) is 16.5 Å². The summed E-state index contributed by atoms with van der Waals surface area (Å²) in [6, 6.07) is 7.59. The number of hydrogen-bond acceptors (Lipinski definition) is 3. The highest BCUT2D eigenvalue weighted by Crippen LogP contribution is 2.31. The molecule has 4 nitrogen and oxygen atoms in total. The Morgan fingerprint density at radius 2 is 1.62 bits per heavy atom. The summed E-state index contributed by atoms with van der Waals surface area (Å²) < 4.78 is 68.8. The van der Waals surface area contributed by atoms with Crippen molar-refractivity contribution in [2.24, 2.45) is 0 Å². The fraction of sp³-hybridized carbons (Fsp3) is 0.143. The van der Waals surface area contributed by atoms with E-state index >= 15 is 0 Å². The molecular formula is C14H10Br2F3NO3S. The molecule has 2 rings (SSSR count). The van der Waals surface area contributed by atoms with E-state index in [2.05, 4.69) is 41.3 Å². The van der Waals surface area contributed by atoms with Gasteiger partial charge in [-0.25, -0.2) is 17.5 Å². The van der Waals surface area contributed by atoms with E-state index < -0.39 is 22.5 Å². The Hall–Kier alpha value is -1.10. The highest BCUT2D eigenvalue weighted by atomic mass is 79.9. The van der Waals surface area contributed by atoms with Gasteiger partial charge >= 0.3 is 6.61 Å². The Balaban J connectivity index is 2.13. The fourth-order valence-electron chi connectivity index (χ4n) is 1.82. The summed E-state index contributed by atoms with van der Waals surface area (Å²) in [4.78, 5) is -0.137. The van der Waals surface area contributed by atoms with Crippen LogP contribution in [-0.4, -0.2) is 15.0 Å².